The number of aryl methyl sites for hydroxylation is 2. The van der Waals surface area contributed by atoms with Gasteiger partial charge >= 0.3 is 12.1 Å². The highest BCUT2D eigenvalue weighted by Crippen LogP contribution is 2.41. The molecule has 4 aromatic rings. The molecule has 14 heteroatoms. The molecule has 3 aromatic carbocycles. The summed E-state index contributed by atoms with van der Waals surface area (Å²) in [5.41, 5.74) is 1.98. The van der Waals surface area contributed by atoms with Crippen LogP contribution in [0.25, 0.3) is 5.69 Å². The molecule has 10 nitrogen and oxygen atoms in total. The summed E-state index contributed by atoms with van der Waals surface area (Å²) in [5, 5.41) is 17.0. The number of carboxylic acid groups (broad SMARTS) is 1. The average Bonchev–Trinajstić information content (AvgIpc) is 3.52. The summed E-state index contributed by atoms with van der Waals surface area (Å²) in [6, 6.07) is 11.7. The Labute approximate surface area is 279 Å². The van der Waals surface area contributed by atoms with Crippen molar-refractivity contribution >= 4 is 29.0 Å². The van der Waals surface area contributed by atoms with E-state index in [-0.39, 0.29) is 37.4 Å². The number of hydrogen-bond acceptors (Lipinski definition) is 8. The average molecular weight is 687 g/mol. The van der Waals surface area contributed by atoms with Crippen LogP contribution in [-0.4, -0.2) is 52.5 Å². The molecule has 0 bridgehead atoms. The quantitative estimate of drug-likeness (QED) is 0.112. The first-order valence-corrected chi connectivity index (χ1v) is 15.6. The van der Waals surface area contributed by atoms with Gasteiger partial charge in [0.05, 0.1) is 32.1 Å². The van der Waals surface area contributed by atoms with Crippen LogP contribution in [0, 0.1) is 5.92 Å². The summed E-state index contributed by atoms with van der Waals surface area (Å²) in [6.45, 7) is 0.0677. The van der Waals surface area contributed by atoms with Crippen LogP contribution >= 0.6 is 11.6 Å². The summed E-state index contributed by atoms with van der Waals surface area (Å²) >= 11 is 6.33. The highest BCUT2D eigenvalue weighted by atomic mass is 35.5. The molecule has 0 spiro atoms. The summed E-state index contributed by atoms with van der Waals surface area (Å²) in [6.07, 6.45) is -0.203. The first-order valence-electron chi connectivity index (χ1n) is 15.2. The van der Waals surface area contributed by atoms with Crippen molar-refractivity contribution in [3.8, 4) is 22.9 Å². The number of alkyl halides is 3. The molecule has 48 heavy (non-hydrogen) atoms. The SMILES string of the molecule is COc1cc(NC(C(=O)C2CCc3cc(OC)c(C(F)(F)F)cc3CC2)c2ccc(Cl)cc2OCCCC(=O)O)cc(-n2cncn2)c1. The van der Waals surface area contributed by atoms with Gasteiger partial charge in [-0.15, -0.1) is 0 Å². The van der Waals surface area contributed by atoms with Gasteiger partial charge in [-0.05, 0) is 73.6 Å². The number of rotatable bonds is 13. The number of carbonyl (C=O) groups is 2. The van der Waals surface area contributed by atoms with Crippen LogP contribution in [-0.2, 0) is 28.6 Å². The lowest BCUT2D eigenvalue weighted by Crippen LogP contribution is -2.28. The fourth-order valence-electron chi connectivity index (χ4n) is 5.85. The van der Waals surface area contributed by atoms with Gasteiger partial charge < -0.3 is 24.6 Å². The van der Waals surface area contributed by atoms with Crippen molar-refractivity contribution < 1.29 is 42.1 Å². The zero-order chi connectivity index (χ0) is 34.4. The minimum Gasteiger partial charge on any atom is -0.497 e. The number of anilines is 1. The second-order valence-electron chi connectivity index (χ2n) is 11.4. The van der Waals surface area contributed by atoms with Gasteiger partial charge in [0.1, 0.15) is 35.9 Å². The van der Waals surface area contributed by atoms with E-state index >= 15 is 0 Å². The van der Waals surface area contributed by atoms with E-state index in [1.165, 1.54) is 37.6 Å². The van der Waals surface area contributed by atoms with E-state index in [1.54, 1.807) is 36.4 Å². The molecule has 0 aliphatic heterocycles. The fraction of sp³-hybridized carbons (Fsp3) is 0.353. The van der Waals surface area contributed by atoms with Gasteiger partial charge in [0, 0.05) is 40.7 Å². The smallest absolute Gasteiger partial charge is 0.419 e. The first-order chi connectivity index (χ1) is 23.0. The summed E-state index contributed by atoms with van der Waals surface area (Å²) in [5.74, 6) is -1.17. The summed E-state index contributed by atoms with van der Waals surface area (Å²) < 4.78 is 59.5. The molecule has 0 saturated carbocycles. The number of ketones is 1. The van der Waals surface area contributed by atoms with E-state index < -0.39 is 29.7 Å². The molecule has 1 heterocycles. The molecule has 1 aromatic heterocycles. The molecule has 0 radical (unpaired) electrons. The van der Waals surface area contributed by atoms with Crippen molar-refractivity contribution in [2.45, 2.75) is 50.7 Å². The molecule has 0 amide bonds. The van der Waals surface area contributed by atoms with E-state index in [9.17, 15) is 22.8 Å². The second-order valence-corrected chi connectivity index (χ2v) is 11.8. The molecule has 254 valence electrons. The van der Waals surface area contributed by atoms with E-state index in [2.05, 4.69) is 15.4 Å². The highest BCUT2D eigenvalue weighted by Gasteiger charge is 2.37. The molecular weight excluding hydrogens is 653 g/mol. The molecule has 1 aliphatic carbocycles. The maximum atomic E-state index is 14.6. The van der Waals surface area contributed by atoms with Crippen LogP contribution < -0.4 is 19.5 Å². The number of nitrogens with zero attached hydrogens (tertiary/aromatic N) is 3. The van der Waals surface area contributed by atoms with Gasteiger partial charge in [0.2, 0.25) is 0 Å². The number of fused-ring (bicyclic) bond motifs is 1. The predicted molar refractivity (Wildman–Crippen MR) is 171 cm³/mol. The van der Waals surface area contributed by atoms with Crippen molar-refractivity contribution in [1.82, 2.24) is 14.8 Å². The Bertz CT molecular complexity index is 1770. The number of methoxy groups -OCH3 is 2. The maximum absolute atomic E-state index is 14.6. The minimum absolute atomic E-state index is 0.0677. The van der Waals surface area contributed by atoms with Gasteiger partial charge in [0.25, 0.3) is 0 Å². The van der Waals surface area contributed by atoms with Gasteiger partial charge in [-0.2, -0.15) is 18.3 Å². The molecule has 1 aliphatic rings. The van der Waals surface area contributed by atoms with Crippen LogP contribution in [0.4, 0.5) is 18.9 Å². The zero-order valence-corrected chi connectivity index (χ0v) is 27.0. The predicted octanol–water partition coefficient (Wildman–Crippen LogP) is 7.12. The van der Waals surface area contributed by atoms with Gasteiger partial charge in [-0.1, -0.05) is 17.7 Å². The first kappa shape index (κ1) is 34.6. The van der Waals surface area contributed by atoms with Crippen LogP contribution in [0.15, 0.2) is 61.2 Å². The molecule has 5 rings (SSSR count). The van der Waals surface area contributed by atoms with Crippen molar-refractivity contribution in [3.05, 3.63) is 88.5 Å². The molecule has 0 fully saturated rings. The number of nitrogens with one attached hydrogen (secondary N) is 1. The number of benzene rings is 3. The number of hydrogen-bond donors (Lipinski definition) is 2. The van der Waals surface area contributed by atoms with Crippen LogP contribution in [0.1, 0.15) is 54.0 Å². The van der Waals surface area contributed by atoms with Crippen molar-refractivity contribution in [3.63, 3.8) is 0 Å². The number of aliphatic carboxylic acids is 1. The van der Waals surface area contributed by atoms with Crippen molar-refractivity contribution in [1.29, 1.82) is 0 Å². The third kappa shape index (κ3) is 8.19. The van der Waals surface area contributed by atoms with E-state index in [0.29, 0.717) is 63.8 Å². The largest absolute Gasteiger partial charge is 0.497 e. The molecule has 2 atom stereocenters. The lowest BCUT2D eigenvalue weighted by molar-refractivity contribution is -0.139. The van der Waals surface area contributed by atoms with Gasteiger partial charge in [-0.25, -0.2) is 9.67 Å². The van der Waals surface area contributed by atoms with E-state index in [0.717, 1.165) is 6.07 Å². The Morgan fingerprint density at radius 3 is 2.44 bits per heavy atom. The highest BCUT2D eigenvalue weighted by molar-refractivity contribution is 6.30. The molecule has 2 unspecified atom stereocenters. The van der Waals surface area contributed by atoms with Crippen molar-refractivity contribution in [2.24, 2.45) is 5.92 Å². The lowest BCUT2D eigenvalue weighted by Gasteiger charge is -2.26. The third-order valence-corrected chi connectivity index (χ3v) is 8.47. The van der Waals surface area contributed by atoms with Crippen LogP contribution in [0.2, 0.25) is 5.02 Å². The Morgan fingerprint density at radius 1 is 1.04 bits per heavy atom. The number of carboxylic acids is 1. The second kappa shape index (κ2) is 15.0. The molecular formula is C34H34ClF3N4O6. The monoisotopic (exact) mass is 686 g/mol. The Kier molecular flexibility index (Phi) is 10.8. The third-order valence-electron chi connectivity index (χ3n) is 8.24. The van der Waals surface area contributed by atoms with E-state index in [4.69, 9.17) is 30.9 Å². The molecule has 2 N–H and O–H groups in total. The van der Waals surface area contributed by atoms with Crippen LogP contribution in [0.5, 0.6) is 17.2 Å². The van der Waals surface area contributed by atoms with Gasteiger partial charge in [-0.3, -0.25) is 9.59 Å². The lowest BCUT2D eigenvalue weighted by atomic mass is 9.87. The standard InChI is InChI=1S/C34H34ClF3N4O6/c1-46-26-16-24(15-25(17-26)42-19-39-18-40-42)41-32(27-10-9-23(35)14-29(27)48-11-3-4-31(43)44)33(45)20-5-7-21-12-28(34(36,37)38)30(47-2)13-22(21)8-6-20/h9-10,12-20,32,41H,3-8,11H2,1-2H3,(H,43,44). The molecule has 0 saturated heterocycles. The zero-order valence-electron chi connectivity index (χ0n) is 26.2. The minimum atomic E-state index is -4.59. The van der Waals surface area contributed by atoms with E-state index in [1.807, 2.05) is 0 Å². The normalized spacial score (nSPS) is 15.2. The number of Topliss-reactive ketones (excluding diaryl/α,β-unsaturated/α-hetero) is 1. The maximum Gasteiger partial charge on any atom is 0.419 e. The number of carbonyl (C=O) groups excluding carboxylic acids is 1. The van der Waals surface area contributed by atoms with Crippen LogP contribution in [0.3, 0.4) is 0 Å². The fourth-order valence-corrected chi connectivity index (χ4v) is 6.01. The number of halogens is 4. The number of aromatic nitrogens is 3. The summed E-state index contributed by atoms with van der Waals surface area (Å²) in [4.78, 5) is 29.7. The Balaban J connectivity index is 1.50. The number of ether oxygens (including phenoxy) is 3. The van der Waals surface area contributed by atoms with Gasteiger partial charge in [0.15, 0.2) is 5.78 Å². The van der Waals surface area contributed by atoms with Crippen molar-refractivity contribution in [2.75, 3.05) is 26.1 Å². The Hall–Kier alpha value is -4.78. The summed E-state index contributed by atoms with van der Waals surface area (Å²) in [7, 11) is 2.72. The Morgan fingerprint density at radius 2 is 1.79 bits per heavy atom. The topological polar surface area (TPSA) is 125 Å².